The molecule has 0 aliphatic carbocycles. The van der Waals surface area contributed by atoms with Crippen molar-refractivity contribution >= 4 is 33.8 Å². The summed E-state index contributed by atoms with van der Waals surface area (Å²) < 4.78 is 0. The Morgan fingerprint density at radius 2 is 2.39 bits per heavy atom. The molecule has 1 aliphatic heterocycles. The van der Waals surface area contributed by atoms with E-state index >= 15 is 0 Å². The molecule has 1 N–H and O–H groups in total. The van der Waals surface area contributed by atoms with Crippen LogP contribution in [-0.2, 0) is 0 Å². The van der Waals surface area contributed by atoms with Gasteiger partial charge in [-0.2, -0.15) is 11.8 Å². The molecule has 0 radical (unpaired) electrons. The SMILES string of the molecule is C[C@H](O)c1cc([N+](=O)[O-])c(N(C)C2CCSC2)s1. The monoisotopic (exact) mass is 288 g/mol. The Labute approximate surface area is 114 Å². The highest BCUT2D eigenvalue weighted by Crippen LogP contribution is 2.41. The lowest BCUT2D eigenvalue weighted by Gasteiger charge is -2.23. The Morgan fingerprint density at radius 1 is 1.67 bits per heavy atom. The van der Waals surface area contributed by atoms with E-state index in [1.54, 1.807) is 6.92 Å². The molecule has 1 saturated heterocycles. The summed E-state index contributed by atoms with van der Waals surface area (Å²) in [6, 6.07) is 1.85. The van der Waals surface area contributed by atoms with Gasteiger partial charge in [0.15, 0.2) is 5.00 Å². The van der Waals surface area contributed by atoms with Crippen LogP contribution in [0, 0.1) is 10.1 Å². The molecule has 0 bridgehead atoms. The molecule has 2 heterocycles. The van der Waals surface area contributed by atoms with E-state index in [0.717, 1.165) is 17.9 Å². The zero-order valence-corrected chi connectivity index (χ0v) is 12.0. The lowest BCUT2D eigenvalue weighted by molar-refractivity contribution is -0.383. The lowest BCUT2D eigenvalue weighted by atomic mass is 10.2. The standard InChI is InChI=1S/C11H16N2O3S2/c1-7(14)10-5-9(13(15)16)11(18-10)12(2)8-3-4-17-6-8/h5,7-8,14H,3-4,6H2,1-2H3/t7-,8?/m0/s1. The number of rotatable bonds is 4. The van der Waals surface area contributed by atoms with Gasteiger partial charge in [0.05, 0.1) is 11.0 Å². The molecule has 7 heteroatoms. The second-order valence-corrected chi connectivity index (χ2v) is 6.61. The molecule has 0 amide bonds. The van der Waals surface area contributed by atoms with Gasteiger partial charge in [0, 0.05) is 29.8 Å². The van der Waals surface area contributed by atoms with Gasteiger partial charge in [0.25, 0.3) is 0 Å². The van der Waals surface area contributed by atoms with Crippen molar-refractivity contribution in [3.05, 3.63) is 21.1 Å². The summed E-state index contributed by atoms with van der Waals surface area (Å²) in [5.74, 6) is 2.12. The zero-order chi connectivity index (χ0) is 13.3. The fraction of sp³-hybridized carbons (Fsp3) is 0.636. The molecule has 18 heavy (non-hydrogen) atoms. The quantitative estimate of drug-likeness (QED) is 0.681. The average Bonchev–Trinajstić information content (AvgIpc) is 2.97. The smallest absolute Gasteiger partial charge is 0.304 e. The Kier molecular flexibility index (Phi) is 4.14. The Bertz CT molecular complexity index is 441. The molecule has 100 valence electrons. The van der Waals surface area contributed by atoms with E-state index in [1.165, 1.54) is 17.4 Å². The predicted octanol–water partition coefficient (Wildman–Crippen LogP) is 2.65. The first-order valence-electron chi connectivity index (χ1n) is 5.77. The van der Waals surface area contributed by atoms with Gasteiger partial charge in [-0.25, -0.2) is 0 Å². The van der Waals surface area contributed by atoms with E-state index < -0.39 is 6.10 Å². The van der Waals surface area contributed by atoms with Gasteiger partial charge in [-0.15, -0.1) is 11.3 Å². The molecular formula is C11H16N2O3S2. The van der Waals surface area contributed by atoms with Crippen LogP contribution in [0.25, 0.3) is 0 Å². The first-order valence-corrected chi connectivity index (χ1v) is 7.74. The van der Waals surface area contributed by atoms with E-state index in [4.69, 9.17) is 0 Å². The first kappa shape index (κ1) is 13.6. The summed E-state index contributed by atoms with van der Waals surface area (Å²) in [7, 11) is 1.90. The van der Waals surface area contributed by atoms with Crippen molar-refractivity contribution in [1.82, 2.24) is 0 Å². The van der Waals surface area contributed by atoms with Crippen LogP contribution in [0.15, 0.2) is 6.07 Å². The lowest BCUT2D eigenvalue weighted by Crippen LogP contribution is -2.30. The van der Waals surface area contributed by atoms with Gasteiger partial charge in [0.1, 0.15) is 0 Å². The highest BCUT2D eigenvalue weighted by atomic mass is 32.2. The molecule has 1 aromatic rings. The molecule has 2 rings (SSSR count). The number of thioether (sulfide) groups is 1. The maximum Gasteiger partial charge on any atom is 0.304 e. The minimum atomic E-state index is -0.659. The first-order chi connectivity index (χ1) is 8.50. The minimum absolute atomic E-state index is 0.107. The largest absolute Gasteiger partial charge is 0.388 e. The van der Waals surface area contributed by atoms with Crippen molar-refractivity contribution < 1.29 is 10.0 Å². The topological polar surface area (TPSA) is 66.6 Å². The average molecular weight is 288 g/mol. The number of nitro groups is 1. The molecule has 1 fully saturated rings. The van der Waals surface area contributed by atoms with Gasteiger partial charge in [0.2, 0.25) is 0 Å². The van der Waals surface area contributed by atoms with Crippen LogP contribution in [-0.4, -0.2) is 34.6 Å². The molecule has 1 aliphatic rings. The highest BCUT2D eigenvalue weighted by molar-refractivity contribution is 7.99. The predicted molar refractivity (Wildman–Crippen MR) is 75.7 cm³/mol. The second kappa shape index (κ2) is 5.46. The highest BCUT2D eigenvalue weighted by Gasteiger charge is 2.29. The summed E-state index contributed by atoms with van der Waals surface area (Å²) >= 11 is 3.19. The fourth-order valence-electron chi connectivity index (χ4n) is 1.97. The van der Waals surface area contributed by atoms with Gasteiger partial charge in [-0.3, -0.25) is 10.1 Å². The molecular weight excluding hydrogens is 272 g/mol. The summed E-state index contributed by atoms with van der Waals surface area (Å²) in [6.07, 6.45) is 0.397. The third kappa shape index (κ3) is 2.62. The van der Waals surface area contributed by atoms with Crippen molar-refractivity contribution in [1.29, 1.82) is 0 Å². The van der Waals surface area contributed by atoms with Crippen molar-refractivity contribution in [3.8, 4) is 0 Å². The second-order valence-electron chi connectivity index (χ2n) is 4.40. The summed E-state index contributed by atoms with van der Waals surface area (Å²) in [6.45, 7) is 1.63. The van der Waals surface area contributed by atoms with Gasteiger partial charge in [-0.05, 0) is 19.1 Å². The number of aliphatic hydroxyl groups excluding tert-OH is 1. The number of anilines is 1. The molecule has 5 nitrogen and oxygen atoms in total. The van der Waals surface area contributed by atoms with E-state index in [-0.39, 0.29) is 10.6 Å². The molecule has 1 aromatic heterocycles. The van der Waals surface area contributed by atoms with Crippen LogP contribution in [0.3, 0.4) is 0 Å². The Balaban J connectivity index is 2.32. The molecule has 0 spiro atoms. The van der Waals surface area contributed by atoms with E-state index in [9.17, 15) is 15.2 Å². The zero-order valence-electron chi connectivity index (χ0n) is 10.3. The van der Waals surface area contributed by atoms with Gasteiger partial charge in [-0.1, -0.05) is 0 Å². The van der Waals surface area contributed by atoms with Crippen LogP contribution in [0.1, 0.15) is 24.3 Å². The van der Waals surface area contributed by atoms with Crippen LogP contribution >= 0.6 is 23.1 Å². The van der Waals surface area contributed by atoms with Gasteiger partial charge < -0.3 is 10.0 Å². The minimum Gasteiger partial charge on any atom is -0.388 e. The number of thiophene rings is 1. The van der Waals surface area contributed by atoms with E-state index in [2.05, 4.69) is 0 Å². The van der Waals surface area contributed by atoms with Crippen molar-refractivity contribution in [3.63, 3.8) is 0 Å². The van der Waals surface area contributed by atoms with Crippen molar-refractivity contribution in [2.45, 2.75) is 25.5 Å². The summed E-state index contributed by atoms with van der Waals surface area (Å²) in [5, 5.41) is 21.3. The van der Waals surface area contributed by atoms with Crippen LogP contribution in [0.4, 0.5) is 10.7 Å². The van der Waals surface area contributed by atoms with Crippen LogP contribution in [0.5, 0.6) is 0 Å². The van der Waals surface area contributed by atoms with Crippen molar-refractivity contribution in [2.75, 3.05) is 23.5 Å². The third-order valence-corrected chi connectivity index (χ3v) is 5.62. The molecule has 0 aromatic carbocycles. The maximum absolute atomic E-state index is 11.1. The fourth-order valence-corrected chi connectivity index (χ4v) is 4.34. The number of aliphatic hydroxyl groups is 1. The van der Waals surface area contributed by atoms with Gasteiger partial charge >= 0.3 is 5.69 Å². The van der Waals surface area contributed by atoms with Crippen molar-refractivity contribution in [2.24, 2.45) is 0 Å². The maximum atomic E-state index is 11.1. The molecule has 2 atom stereocenters. The number of nitrogens with zero attached hydrogens (tertiary/aromatic N) is 2. The Morgan fingerprint density at radius 3 is 2.89 bits per heavy atom. The van der Waals surface area contributed by atoms with Crippen LogP contribution in [0.2, 0.25) is 0 Å². The van der Waals surface area contributed by atoms with E-state index in [1.807, 2.05) is 23.7 Å². The summed E-state index contributed by atoms with van der Waals surface area (Å²) in [4.78, 5) is 13.4. The third-order valence-electron chi connectivity index (χ3n) is 3.09. The summed E-state index contributed by atoms with van der Waals surface area (Å²) in [5.41, 5.74) is 0.107. The Hall–Kier alpha value is -0.790. The number of hydrogen-bond acceptors (Lipinski definition) is 6. The number of hydrogen-bond donors (Lipinski definition) is 1. The van der Waals surface area contributed by atoms with E-state index in [0.29, 0.717) is 15.9 Å². The van der Waals surface area contributed by atoms with Crippen LogP contribution < -0.4 is 4.90 Å². The normalized spacial score (nSPS) is 20.9. The molecule has 0 saturated carbocycles. The molecule has 1 unspecified atom stereocenters.